The lowest BCUT2D eigenvalue weighted by molar-refractivity contribution is -0.136. The van der Waals surface area contributed by atoms with Crippen LogP contribution in [0.5, 0.6) is 5.75 Å². The van der Waals surface area contributed by atoms with E-state index >= 15 is 0 Å². The minimum Gasteiger partial charge on any atom is -0.497 e. The monoisotopic (exact) mass is 419 g/mol. The Morgan fingerprint density at radius 2 is 1.74 bits per heavy atom. The summed E-state index contributed by atoms with van der Waals surface area (Å²) in [7, 11) is 1.61. The lowest BCUT2D eigenvalue weighted by Crippen LogP contribution is -2.52. The first kappa shape index (κ1) is 21.1. The molecule has 2 aromatic carbocycles. The highest BCUT2D eigenvalue weighted by Gasteiger charge is 2.48. The Morgan fingerprint density at radius 3 is 2.39 bits per heavy atom. The largest absolute Gasteiger partial charge is 0.497 e. The molecule has 1 aliphatic carbocycles. The summed E-state index contributed by atoms with van der Waals surface area (Å²) in [6, 6.07) is 15.4. The van der Waals surface area contributed by atoms with Crippen molar-refractivity contribution >= 4 is 17.5 Å². The second-order valence-corrected chi connectivity index (χ2v) is 8.39. The fraction of sp³-hybridized carbons (Fsp3) is 0.400. The Balaban J connectivity index is 1.50. The van der Waals surface area contributed by atoms with E-state index < -0.39 is 5.66 Å². The molecule has 1 spiro atoms. The summed E-state index contributed by atoms with van der Waals surface area (Å²) in [5.41, 5.74) is 2.81. The lowest BCUT2D eigenvalue weighted by atomic mass is 9.88. The minimum atomic E-state index is -0.605. The number of carbonyl (C=O) groups excluding carboxylic acids is 2. The van der Waals surface area contributed by atoms with Crippen LogP contribution in [0.3, 0.4) is 0 Å². The van der Waals surface area contributed by atoms with Gasteiger partial charge in [-0.15, -0.1) is 0 Å². The smallest absolute Gasteiger partial charge is 0.275 e. The Labute approximate surface area is 183 Å². The second kappa shape index (κ2) is 8.92. The normalized spacial score (nSPS) is 17.5. The van der Waals surface area contributed by atoms with E-state index in [1.54, 1.807) is 12.0 Å². The van der Waals surface area contributed by atoms with E-state index in [-0.39, 0.29) is 18.4 Å². The molecule has 0 atom stereocenters. The maximum absolute atomic E-state index is 13.4. The van der Waals surface area contributed by atoms with Gasteiger partial charge in [-0.3, -0.25) is 14.6 Å². The third kappa shape index (κ3) is 4.48. The van der Waals surface area contributed by atoms with E-state index in [0.717, 1.165) is 49.0 Å². The van der Waals surface area contributed by atoms with Crippen LogP contribution >= 0.6 is 0 Å². The van der Waals surface area contributed by atoms with E-state index in [9.17, 15) is 9.59 Å². The van der Waals surface area contributed by atoms with Gasteiger partial charge >= 0.3 is 0 Å². The predicted octanol–water partition coefficient (Wildman–Crippen LogP) is 3.61. The van der Waals surface area contributed by atoms with Crippen molar-refractivity contribution < 1.29 is 14.3 Å². The molecule has 0 saturated heterocycles. The van der Waals surface area contributed by atoms with Crippen LogP contribution in [-0.2, 0) is 16.1 Å². The summed E-state index contributed by atoms with van der Waals surface area (Å²) in [5, 5.41) is 2.96. The van der Waals surface area contributed by atoms with Gasteiger partial charge in [-0.25, -0.2) is 0 Å². The minimum absolute atomic E-state index is 0.0217. The topological polar surface area (TPSA) is 71.0 Å². The Morgan fingerprint density at radius 1 is 1.06 bits per heavy atom. The van der Waals surface area contributed by atoms with Crippen LogP contribution in [0.2, 0.25) is 0 Å². The fourth-order valence-corrected chi connectivity index (χ4v) is 4.39. The second-order valence-electron chi connectivity index (χ2n) is 8.39. The SMILES string of the molecule is COc1ccc(C2=NC3(CCCCC3)N(CC(=O)NCc3ccc(C)cc3)C2=O)cc1. The number of aryl methyl sites for hydroxylation is 1. The van der Waals surface area contributed by atoms with Crippen LogP contribution in [0.15, 0.2) is 53.5 Å². The van der Waals surface area contributed by atoms with E-state index in [1.807, 2.05) is 55.5 Å². The van der Waals surface area contributed by atoms with Crippen molar-refractivity contribution in [2.24, 2.45) is 4.99 Å². The van der Waals surface area contributed by atoms with Gasteiger partial charge in [0.1, 0.15) is 23.7 Å². The highest BCUT2D eigenvalue weighted by atomic mass is 16.5. The zero-order valence-electron chi connectivity index (χ0n) is 18.2. The van der Waals surface area contributed by atoms with Crippen LogP contribution in [-0.4, -0.2) is 41.7 Å². The molecule has 0 unspecified atom stereocenters. The highest BCUT2D eigenvalue weighted by Crippen LogP contribution is 2.39. The van der Waals surface area contributed by atoms with E-state index in [1.165, 1.54) is 5.56 Å². The summed E-state index contributed by atoms with van der Waals surface area (Å²) >= 11 is 0. The zero-order valence-corrected chi connectivity index (χ0v) is 18.2. The van der Waals surface area contributed by atoms with Gasteiger partial charge in [-0.2, -0.15) is 0 Å². The molecular weight excluding hydrogens is 390 g/mol. The molecule has 2 aliphatic rings. The van der Waals surface area contributed by atoms with Crippen molar-refractivity contribution in [3.05, 3.63) is 65.2 Å². The van der Waals surface area contributed by atoms with Crippen molar-refractivity contribution in [3.63, 3.8) is 0 Å². The van der Waals surface area contributed by atoms with Crippen LogP contribution in [0.1, 0.15) is 48.8 Å². The number of carbonyl (C=O) groups is 2. The molecule has 162 valence electrons. The first-order chi connectivity index (χ1) is 15.0. The molecule has 6 nitrogen and oxygen atoms in total. The Kier molecular flexibility index (Phi) is 6.07. The first-order valence-corrected chi connectivity index (χ1v) is 10.9. The number of benzene rings is 2. The third-order valence-corrected chi connectivity index (χ3v) is 6.20. The van der Waals surface area contributed by atoms with Gasteiger partial charge in [-0.1, -0.05) is 36.2 Å². The zero-order chi connectivity index (χ0) is 21.8. The molecule has 1 N–H and O–H groups in total. The summed E-state index contributed by atoms with van der Waals surface area (Å²) < 4.78 is 5.22. The number of methoxy groups -OCH3 is 1. The van der Waals surface area contributed by atoms with Crippen LogP contribution in [0.25, 0.3) is 0 Å². The number of hydrogen-bond acceptors (Lipinski definition) is 4. The predicted molar refractivity (Wildman–Crippen MR) is 120 cm³/mol. The molecule has 4 rings (SSSR count). The molecule has 2 amide bonds. The number of rotatable bonds is 6. The molecule has 6 heteroatoms. The maximum atomic E-state index is 13.4. The molecule has 1 heterocycles. The third-order valence-electron chi connectivity index (χ3n) is 6.20. The number of amides is 2. The van der Waals surface area contributed by atoms with E-state index in [4.69, 9.17) is 9.73 Å². The molecule has 1 aliphatic heterocycles. The number of aliphatic imine (C=N–C) groups is 1. The molecule has 1 fully saturated rings. The lowest BCUT2D eigenvalue weighted by Gasteiger charge is -2.38. The standard InChI is InChI=1S/C25H29N3O3/c1-18-6-8-19(9-7-18)16-26-22(29)17-28-24(30)23(20-10-12-21(31-2)13-11-20)27-25(28)14-4-3-5-15-25/h6-13H,3-5,14-17H2,1-2H3,(H,26,29). The molecule has 0 aromatic heterocycles. The van der Waals surface area contributed by atoms with Crippen LogP contribution < -0.4 is 10.1 Å². The van der Waals surface area contributed by atoms with E-state index in [0.29, 0.717) is 12.3 Å². The van der Waals surface area contributed by atoms with Gasteiger partial charge in [0, 0.05) is 12.1 Å². The van der Waals surface area contributed by atoms with Crippen molar-refractivity contribution in [1.82, 2.24) is 10.2 Å². The van der Waals surface area contributed by atoms with Gasteiger partial charge in [0.25, 0.3) is 5.91 Å². The average molecular weight is 420 g/mol. The first-order valence-electron chi connectivity index (χ1n) is 10.9. The maximum Gasteiger partial charge on any atom is 0.275 e. The quantitative estimate of drug-likeness (QED) is 0.778. The molecule has 1 saturated carbocycles. The molecular formula is C25H29N3O3. The van der Waals surface area contributed by atoms with Crippen LogP contribution in [0, 0.1) is 6.92 Å². The van der Waals surface area contributed by atoms with Gasteiger partial charge < -0.3 is 15.0 Å². The molecule has 31 heavy (non-hydrogen) atoms. The summed E-state index contributed by atoms with van der Waals surface area (Å²) in [6.45, 7) is 2.50. The fourth-order valence-electron chi connectivity index (χ4n) is 4.39. The van der Waals surface area contributed by atoms with Gasteiger partial charge in [-0.05, 0) is 62.4 Å². The van der Waals surface area contributed by atoms with Crippen molar-refractivity contribution in [3.8, 4) is 5.75 Å². The number of nitrogens with zero attached hydrogens (tertiary/aromatic N) is 2. The summed E-state index contributed by atoms with van der Waals surface area (Å²) in [6.07, 6.45) is 4.74. The Hall–Kier alpha value is -3.15. The summed E-state index contributed by atoms with van der Waals surface area (Å²) in [5.74, 6) is 0.400. The highest BCUT2D eigenvalue weighted by molar-refractivity contribution is 6.47. The number of nitrogens with one attached hydrogen (secondary N) is 1. The van der Waals surface area contributed by atoms with Crippen molar-refractivity contribution in [2.45, 2.75) is 51.2 Å². The van der Waals surface area contributed by atoms with Gasteiger partial charge in [0.05, 0.1) is 7.11 Å². The van der Waals surface area contributed by atoms with Gasteiger partial charge in [0.2, 0.25) is 5.91 Å². The number of hydrogen-bond donors (Lipinski definition) is 1. The van der Waals surface area contributed by atoms with Crippen molar-refractivity contribution in [2.75, 3.05) is 13.7 Å². The van der Waals surface area contributed by atoms with Gasteiger partial charge in [0.15, 0.2) is 0 Å². The van der Waals surface area contributed by atoms with Crippen molar-refractivity contribution in [1.29, 1.82) is 0 Å². The van der Waals surface area contributed by atoms with Crippen LogP contribution in [0.4, 0.5) is 0 Å². The van der Waals surface area contributed by atoms with E-state index in [2.05, 4.69) is 5.32 Å². The number of ether oxygens (including phenoxy) is 1. The molecule has 0 radical (unpaired) electrons. The summed E-state index contributed by atoms with van der Waals surface area (Å²) in [4.78, 5) is 32.7. The molecule has 0 bridgehead atoms. The average Bonchev–Trinajstić information content (AvgIpc) is 3.05. The molecule has 2 aromatic rings. The Bertz CT molecular complexity index is 974.